The fraction of sp³-hybridized carbons (Fsp3) is 0.167. The van der Waals surface area contributed by atoms with Crippen molar-refractivity contribution in [2.75, 3.05) is 0 Å². The Morgan fingerprint density at radius 3 is 2.03 bits per heavy atom. The number of nitrogens with one attached hydrogen (secondary N) is 1. The van der Waals surface area contributed by atoms with Gasteiger partial charge in [-0.05, 0) is 48.2 Å². The minimum atomic E-state index is -0.985. The van der Waals surface area contributed by atoms with Gasteiger partial charge in [0.2, 0.25) is 6.10 Å². The van der Waals surface area contributed by atoms with E-state index >= 15 is 0 Å². The summed E-state index contributed by atoms with van der Waals surface area (Å²) in [5, 5.41) is 12.3. The molecular formula is C24H21NO4. The van der Waals surface area contributed by atoms with Crippen molar-refractivity contribution in [3.63, 3.8) is 0 Å². The first-order valence-electron chi connectivity index (χ1n) is 9.56. The molecule has 3 aromatic carbocycles. The summed E-state index contributed by atoms with van der Waals surface area (Å²) in [6, 6.07) is 23.0. The van der Waals surface area contributed by atoms with Crippen molar-refractivity contribution in [3.8, 4) is 16.9 Å². The van der Waals surface area contributed by atoms with Gasteiger partial charge in [-0.25, -0.2) is 4.79 Å². The molecule has 1 aliphatic rings. The molecule has 1 saturated carbocycles. The predicted molar refractivity (Wildman–Crippen MR) is 109 cm³/mol. The van der Waals surface area contributed by atoms with E-state index in [4.69, 9.17) is 4.74 Å². The fourth-order valence-corrected chi connectivity index (χ4v) is 3.03. The number of carbonyl (C=O) groups is 2. The zero-order valence-electron chi connectivity index (χ0n) is 15.7. The molecule has 0 heterocycles. The van der Waals surface area contributed by atoms with Gasteiger partial charge in [0.25, 0.3) is 5.91 Å². The SMILES string of the molecule is O=C(OC(C(=O)NC1CC1)c1ccccc1)c1ccc(-c2ccc(O)cc2)cc1. The Morgan fingerprint density at radius 2 is 1.45 bits per heavy atom. The van der Waals surface area contributed by atoms with Gasteiger partial charge in [0.05, 0.1) is 5.56 Å². The number of benzene rings is 3. The van der Waals surface area contributed by atoms with E-state index in [1.165, 1.54) is 0 Å². The number of hydrogen-bond acceptors (Lipinski definition) is 4. The summed E-state index contributed by atoms with van der Waals surface area (Å²) in [4.78, 5) is 25.3. The van der Waals surface area contributed by atoms with E-state index in [1.807, 2.05) is 30.3 Å². The van der Waals surface area contributed by atoms with Crippen LogP contribution in [0.15, 0.2) is 78.9 Å². The number of phenols is 1. The van der Waals surface area contributed by atoms with Crippen LogP contribution in [0.1, 0.15) is 34.9 Å². The van der Waals surface area contributed by atoms with Gasteiger partial charge in [-0.2, -0.15) is 0 Å². The van der Waals surface area contributed by atoms with E-state index in [9.17, 15) is 14.7 Å². The van der Waals surface area contributed by atoms with E-state index in [0.29, 0.717) is 11.1 Å². The number of esters is 1. The average molecular weight is 387 g/mol. The number of aromatic hydroxyl groups is 1. The van der Waals surface area contributed by atoms with Crippen LogP contribution in [0, 0.1) is 0 Å². The molecule has 1 atom stereocenters. The lowest BCUT2D eigenvalue weighted by Gasteiger charge is -2.18. The first-order chi connectivity index (χ1) is 14.1. The molecular weight excluding hydrogens is 366 g/mol. The molecule has 3 aromatic rings. The van der Waals surface area contributed by atoms with Crippen molar-refractivity contribution in [2.24, 2.45) is 0 Å². The van der Waals surface area contributed by atoms with Gasteiger partial charge in [0, 0.05) is 11.6 Å². The van der Waals surface area contributed by atoms with E-state index in [-0.39, 0.29) is 17.7 Å². The van der Waals surface area contributed by atoms with Crippen LogP contribution in [0.2, 0.25) is 0 Å². The highest BCUT2D eigenvalue weighted by molar-refractivity contribution is 5.93. The first-order valence-corrected chi connectivity index (χ1v) is 9.56. The molecule has 146 valence electrons. The maximum atomic E-state index is 12.7. The number of carbonyl (C=O) groups excluding carboxylic acids is 2. The van der Waals surface area contributed by atoms with E-state index in [1.54, 1.807) is 48.5 Å². The summed E-state index contributed by atoms with van der Waals surface area (Å²) < 4.78 is 5.59. The molecule has 5 nitrogen and oxygen atoms in total. The summed E-state index contributed by atoms with van der Waals surface area (Å²) in [5.41, 5.74) is 2.84. The zero-order chi connectivity index (χ0) is 20.2. The summed E-state index contributed by atoms with van der Waals surface area (Å²) in [6.45, 7) is 0. The smallest absolute Gasteiger partial charge is 0.339 e. The van der Waals surface area contributed by atoms with Crippen LogP contribution in [-0.4, -0.2) is 23.0 Å². The molecule has 1 amide bonds. The summed E-state index contributed by atoms with van der Waals surface area (Å²) >= 11 is 0. The molecule has 0 bridgehead atoms. The molecule has 1 fully saturated rings. The predicted octanol–water partition coefficient (Wildman–Crippen LogP) is 4.24. The van der Waals surface area contributed by atoms with Crippen LogP contribution in [0.25, 0.3) is 11.1 Å². The minimum absolute atomic E-state index is 0.178. The van der Waals surface area contributed by atoms with Gasteiger partial charge < -0.3 is 15.2 Å². The Hall–Kier alpha value is -3.60. The second-order valence-electron chi connectivity index (χ2n) is 7.10. The lowest BCUT2D eigenvalue weighted by atomic mass is 10.0. The van der Waals surface area contributed by atoms with Gasteiger partial charge in [0.1, 0.15) is 5.75 Å². The molecule has 5 heteroatoms. The van der Waals surface area contributed by atoms with E-state index in [0.717, 1.165) is 24.0 Å². The van der Waals surface area contributed by atoms with Crippen LogP contribution < -0.4 is 5.32 Å². The van der Waals surface area contributed by atoms with Crippen LogP contribution in [0.4, 0.5) is 0 Å². The minimum Gasteiger partial charge on any atom is -0.508 e. The highest BCUT2D eigenvalue weighted by Gasteiger charge is 2.31. The molecule has 4 rings (SSSR count). The lowest BCUT2D eigenvalue weighted by Crippen LogP contribution is -2.33. The highest BCUT2D eigenvalue weighted by atomic mass is 16.5. The molecule has 29 heavy (non-hydrogen) atoms. The van der Waals surface area contributed by atoms with Crippen LogP contribution in [0.5, 0.6) is 5.75 Å². The van der Waals surface area contributed by atoms with Crippen molar-refractivity contribution < 1.29 is 19.4 Å². The number of ether oxygens (including phenoxy) is 1. The Labute approximate surface area is 169 Å². The van der Waals surface area contributed by atoms with Crippen LogP contribution >= 0.6 is 0 Å². The zero-order valence-corrected chi connectivity index (χ0v) is 15.7. The number of hydrogen-bond donors (Lipinski definition) is 2. The summed E-state index contributed by atoms with van der Waals surface area (Å²) in [6.07, 6.45) is 0.931. The average Bonchev–Trinajstić information content (AvgIpc) is 3.57. The standard InChI is InChI=1S/C24H21NO4/c26-21-14-10-17(11-15-21)16-6-8-19(9-7-16)24(28)29-22(18-4-2-1-3-5-18)23(27)25-20-12-13-20/h1-11,14-15,20,22,26H,12-13H2,(H,25,27). The molecule has 1 aliphatic carbocycles. The van der Waals surface area contributed by atoms with Crippen LogP contribution in [-0.2, 0) is 9.53 Å². The third kappa shape index (κ3) is 4.63. The van der Waals surface area contributed by atoms with E-state index < -0.39 is 12.1 Å². The Balaban J connectivity index is 1.50. The third-order valence-corrected chi connectivity index (χ3v) is 4.81. The van der Waals surface area contributed by atoms with Crippen molar-refractivity contribution in [1.82, 2.24) is 5.32 Å². The number of phenolic OH excluding ortho intramolecular Hbond substituents is 1. The summed E-state index contributed by atoms with van der Waals surface area (Å²) in [7, 11) is 0. The summed E-state index contributed by atoms with van der Waals surface area (Å²) in [5.74, 6) is -0.653. The molecule has 0 aliphatic heterocycles. The molecule has 2 N–H and O–H groups in total. The second-order valence-corrected chi connectivity index (χ2v) is 7.10. The Morgan fingerprint density at radius 1 is 0.862 bits per heavy atom. The van der Waals surface area contributed by atoms with Gasteiger partial charge in [-0.15, -0.1) is 0 Å². The molecule has 0 saturated heterocycles. The maximum Gasteiger partial charge on any atom is 0.339 e. The van der Waals surface area contributed by atoms with Gasteiger partial charge in [0.15, 0.2) is 0 Å². The van der Waals surface area contributed by atoms with Crippen molar-refractivity contribution >= 4 is 11.9 Å². The van der Waals surface area contributed by atoms with Gasteiger partial charge >= 0.3 is 5.97 Å². The quantitative estimate of drug-likeness (QED) is 0.621. The van der Waals surface area contributed by atoms with Crippen LogP contribution in [0.3, 0.4) is 0 Å². The third-order valence-electron chi connectivity index (χ3n) is 4.81. The number of amides is 1. The lowest BCUT2D eigenvalue weighted by molar-refractivity contribution is -0.130. The van der Waals surface area contributed by atoms with Crippen molar-refractivity contribution in [2.45, 2.75) is 25.0 Å². The largest absolute Gasteiger partial charge is 0.508 e. The second kappa shape index (κ2) is 8.19. The van der Waals surface area contributed by atoms with E-state index in [2.05, 4.69) is 5.32 Å². The van der Waals surface area contributed by atoms with Crippen molar-refractivity contribution in [1.29, 1.82) is 0 Å². The molecule has 1 unspecified atom stereocenters. The van der Waals surface area contributed by atoms with Crippen molar-refractivity contribution in [3.05, 3.63) is 90.0 Å². The fourth-order valence-electron chi connectivity index (χ4n) is 3.03. The molecule has 0 radical (unpaired) electrons. The van der Waals surface area contributed by atoms with Gasteiger partial charge in [-0.3, -0.25) is 4.79 Å². The Bertz CT molecular complexity index is 993. The first kappa shape index (κ1) is 18.7. The normalized spacial score (nSPS) is 14.1. The Kier molecular flexibility index (Phi) is 5.29. The van der Waals surface area contributed by atoms with Gasteiger partial charge in [-0.1, -0.05) is 54.6 Å². The topological polar surface area (TPSA) is 75.6 Å². The molecule has 0 spiro atoms. The highest BCUT2D eigenvalue weighted by Crippen LogP contribution is 2.25. The number of rotatable bonds is 6. The maximum absolute atomic E-state index is 12.7. The molecule has 0 aromatic heterocycles. The monoisotopic (exact) mass is 387 g/mol.